The summed E-state index contributed by atoms with van der Waals surface area (Å²) in [6, 6.07) is 7.54. The Morgan fingerprint density at radius 3 is 2.79 bits per heavy atom. The van der Waals surface area contributed by atoms with Gasteiger partial charge in [0, 0.05) is 46.5 Å². The van der Waals surface area contributed by atoms with Gasteiger partial charge < -0.3 is 14.4 Å². The summed E-state index contributed by atoms with van der Waals surface area (Å²) in [5.41, 5.74) is 4.24. The van der Waals surface area contributed by atoms with E-state index >= 15 is 4.39 Å². The van der Waals surface area contributed by atoms with Gasteiger partial charge in [-0.05, 0) is 43.5 Å². The van der Waals surface area contributed by atoms with E-state index in [-0.39, 0.29) is 36.5 Å². The second-order valence-corrected chi connectivity index (χ2v) is 11.2. The standard InChI is InChI=1S/C31H28F2N6O3S/c1-5-26(40)38-16-21-13-24(37-39(21)15-18(38)3)30-28(27-23(33)11-20(32)12-25(27)42-8-7-41-4)31-22(6-9-43-31)29(35-30)19-10-17(2)36-34-14-19/h5-6,9-14,18H,1,7-8,15-16H2,2-4H3. The fourth-order valence-electron chi connectivity index (χ4n) is 5.35. The zero-order valence-corrected chi connectivity index (χ0v) is 24.6. The lowest BCUT2D eigenvalue weighted by Crippen LogP contribution is -2.44. The van der Waals surface area contributed by atoms with Crippen LogP contribution >= 0.6 is 11.3 Å². The number of ether oxygens (including phenoxy) is 2. The number of nitrogens with zero attached hydrogens (tertiary/aromatic N) is 6. The van der Waals surface area contributed by atoms with E-state index in [1.807, 2.05) is 42.1 Å². The minimum absolute atomic E-state index is 0.0295. The highest BCUT2D eigenvalue weighted by molar-refractivity contribution is 7.18. The van der Waals surface area contributed by atoms with Gasteiger partial charge in [-0.15, -0.1) is 11.3 Å². The number of aryl methyl sites for hydroxylation is 1. The Kier molecular flexibility index (Phi) is 7.72. The van der Waals surface area contributed by atoms with Crippen LogP contribution in [0.15, 0.2) is 54.6 Å². The van der Waals surface area contributed by atoms with Gasteiger partial charge in [-0.3, -0.25) is 9.48 Å². The number of thiophene rings is 1. The number of aromatic nitrogens is 5. The summed E-state index contributed by atoms with van der Waals surface area (Å²) in [6.07, 6.45) is 2.93. The number of rotatable bonds is 8. The van der Waals surface area contributed by atoms with Crippen molar-refractivity contribution in [3.05, 3.63) is 77.6 Å². The van der Waals surface area contributed by atoms with Crippen LogP contribution in [0.4, 0.5) is 8.78 Å². The van der Waals surface area contributed by atoms with Crippen molar-refractivity contribution < 1.29 is 23.0 Å². The predicted molar refractivity (Wildman–Crippen MR) is 160 cm³/mol. The number of hydrogen-bond acceptors (Lipinski definition) is 8. The maximum atomic E-state index is 15.9. The van der Waals surface area contributed by atoms with Gasteiger partial charge in [0.15, 0.2) is 0 Å². The van der Waals surface area contributed by atoms with Gasteiger partial charge in [0.1, 0.15) is 35.4 Å². The number of hydrogen-bond donors (Lipinski definition) is 0. The van der Waals surface area contributed by atoms with E-state index in [1.54, 1.807) is 11.1 Å². The molecule has 5 heterocycles. The quantitative estimate of drug-likeness (QED) is 0.163. The largest absolute Gasteiger partial charge is 0.490 e. The molecule has 1 unspecified atom stereocenters. The van der Waals surface area contributed by atoms with Crippen molar-refractivity contribution in [3.8, 4) is 39.5 Å². The summed E-state index contributed by atoms with van der Waals surface area (Å²) in [7, 11) is 1.52. The summed E-state index contributed by atoms with van der Waals surface area (Å²) in [5.74, 6) is -1.70. The van der Waals surface area contributed by atoms with Crippen molar-refractivity contribution in [2.75, 3.05) is 20.3 Å². The normalized spacial score (nSPS) is 14.6. The predicted octanol–water partition coefficient (Wildman–Crippen LogP) is 5.81. The Morgan fingerprint density at radius 1 is 1.19 bits per heavy atom. The second-order valence-electron chi connectivity index (χ2n) is 10.3. The molecule has 0 saturated carbocycles. The Morgan fingerprint density at radius 2 is 2.02 bits per heavy atom. The molecule has 4 aromatic heterocycles. The van der Waals surface area contributed by atoms with Crippen LogP contribution in [-0.2, 0) is 22.6 Å². The molecule has 5 aromatic rings. The van der Waals surface area contributed by atoms with Crippen LogP contribution < -0.4 is 4.74 Å². The van der Waals surface area contributed by atoms with Crippen molar-refractivity contribution in [2.45, 2.75) is 33.0 Å². The van der Waals surface area contributed by atoms with Crippen molar-refractivity contribution in [1.29, 1.82) is 0 Å². The topological polar surface area (TPSA) is 95.3 Å². The average molecular weight is 603 g/mol. The summed E-state index contributed by atoms with van der Waals surface area (Å²) in [4.78, 5) is 19.3. The molecule has 1 aliphatic rings. The molecule has 0 radical (unpaired) electrons. The maximum Gasteiger partial charge on any atom is 0.246 e. The van der Waals surface area contributed by atoms with Crippen LogP contribution in [-0.4, -0.2) is 62.1 Å². The molecule has 0 N–H and O–H groups in total. The average Bonchev–Trinajstić information content (AvgIpc) is 3.63. The molecule has 0 bridgehead atoms. The molecule has 9 nitrogen and oxygen atoms in total. The van der Waals surface area contributed by atoms with E-state index in [2.05, 4.69) is 16.8 Å². The Labute approximate surface area is 250 Å². The first-order valence-corrected chi connectivity index (χ1v) is 14.5. The van der Waals surface area contributed by atoms with E-state index < -0.39 is 11.6 Å². The molecule has 220 valence electrons. The third kappa shape index (κ3) is 5.28. The summed E-state index contributed by atoms with van der Waals surface area (Å²) in [6.45, 7) is 8.52. The van der Waals surface area contributed by atoms with Crippen molar-refractivity contribution in [3.63, 3.8) is 0 Å². The van der Waals surface area contributed by atoms with Gasteiger partial charge in [0.2, 0.25) is 5.91 Å². The molecular formula is C31H28F2N6O3S. The fraction of sp³-hybridized carbons (Fsp3) is 0.258. The van der Waals surface area contributed by atoms with Crippen LogP contribution in [0.5, 0.6) is 5.75 Å². The molecule has 43 heavy (non-hydrogen) atoms. The maximum absolute atomic E-state index is 15.9. The SMILES string of the molecule is C=CC(=O)N1Cc2cc(-c3nc(-c4cnnc(C)c4)c4ccsc4c3-c3c(F)cc(F)cc3OCCOC)nn2CC1C. The van der Waals surface area contributed by atoms with Gasteiger partial charge in [0.25, 0.3) is 0 Å². The first-order chi connectivity index (χ1) is 20.8. The van der Waals surface area contributed by atoms with E-state index in [1.165, 1.54) is 30.6 Å². The number of methoxy groups -OCH3 is 1. The van der Waals surface area contributed by atoms with E-state index in [0.717, 1.165) is 27.4 Å². The number of amides is 1. The van der Waals surface area contributed by atoms with E-state index in [0.29, 0.717) is 41.4 Å². The Balaban J connectivity index is 1.63. The third-order valence-corrected chi connectivity index (χ3v) is 8.27. The number of fused-ring (bicyclic) bond motifs is 2. The van der Waals surface area contributed by atoms with Crippen molar-refractivity contribution in [2.24, 2.45) is 0 Å². The molecule has 0 saturated heterocycles. The lowest BCUT2D eigenvalue weighted by molar-refractivity contribution is -0.129. The number of halogens is 2. The van der Waals surface area contributed by atoms with Gasteiger partial charge >= 0.3 is 0 Å². The van der Waals surface area contributed by atoms with Crippen LogP contribution in [0.25, 0.3) is 43.9 Å². The highest BCUT2D eigenvalue weighted by atomic mass is 32.1. The lowest BCUT2D eigenvalue weighted by atomic mass is 9.96. The first-order valence-electron chi connectivity index (χ1n) is 13.6. The van der Waals surface area contributed by atoms with Gasteiger partial charge in [-0.2, -0.15) is 15.3 Å². The monoisotopic (exact) mass is 602 g/mol. The summed E-state index contributed by atoms with van der Waals surface area (Å²) in [5, 5.41) is 15.8. The van der Waals surface area contributed by atoms with Crippen molar-refractivity contribution in [1.82, 2.24) is 29.9 Å². The molecule has 1 aliphatic heterocycles. The molecule has 6 rings (SSSR count). The second kappa shape index (κ2) is 11.6. The zero-order chi connectivity index (χ0) is 30.2. The van der Waals surface area contributed by atoms with Gasteiger partial charge in [-0.1, -0.05) is 6.58 Å². The Bertz CT molecular complexity index is 1870. The van der Waals surface area contributed by atoms with Gasteiger partial charge in [0.05, 0.1) is 48.5 Å². The fourth-order valence-corrected chi connectivity index (χ4v) is 6.30. The summed E-state index contributed by atoms with van der Waals surface area (Å²) >= 11 is 1.41. The van der Waals surface area contributed by atoms with Crippen molar-refractivity contribution >= 4 is 27.3 Å². The molecule has 0 fully saturated rings. The van der Waals surface area contributed by atoms with E-state index in [4.69, 9.17) is 19.6 Å². The van der Waals surface area contributed by atoms with Crippen LogP contribution in [0.3, 0.4) is 0 Å². The first kappa shape index (κ1) is 28.6. The smallest absolute Gasteiger partial charge is 0.246 e. The van der Waals surface area contributed by atoms with Gasteiger partial charge in [-0.25, -0.2) is 13.8 Å². The Hall–Kier alpha value is -4.55. The minimum atomic E-state index is -0.792. The number of pyridine rings is 1. The molecule has 0 spiro atoms. The highest BCUT2D eigenvalue weighted by Crippen LogP contribution is 2.47. The highest BCUT2D eigenvalue weighted by Gasteiger charge is 2.30. The van der Waals surface area contributed by atoms with Crippen LogP contribution in [0.1, 0.15) is 18.3 Å². The lowest BCUT2D eigenvalue weighted by Gasteiger charge is -2.33. The summed E-state index contributed by atoms with van der Waals surface area (Å²) < 4.78 is 43.9. The van der Waals surface area contributed by atoms with Crippen LogP contribution in [0.2, 0.25) is 0 Å². The molecule has 0 aliphatic carbocycles. The number of carbonyl (C=O) groups is 1. The van der Waals surface area contributed by atoms with Crippen LogP contribution in [0, 0.1) is 18.6 Å². The zero-order valence-electron chi connectivity index (χ0n) is 23.8. The molecular weight excluding hydrogens is 574 g/mol. The van der Waals surface area contributed by atoms with E-state index in [9.17, 15) is 9.18 Å². The molecule has 1 aromatic carbocycles. The minimum Gasteiger partial charge on any atom is -0.490 e. The molecule has 1 amide bonds. The molecule has 1 atom stereocenters. The molecule has 12 heteroatoms. The number of benzene rings is 1. The number of carbonyl (C=O) groups excluding carboxylic acids is 1. The third-order valence-electron chi connectivity index (χ3n) is 7.34.